The fourth-order valence-electron chi connectivity index (χ4n) is 12.6. The first-order valence-corrected chi connectivity index (χ1v) is 42.0. The van der Waals surface area contributed by atoms with Crippen LogP contribution in [-0.4, -0.2) is 64.1 Å². The van der Waals surface area contributed by atoms with Crippen LogP contribution < -0.4 is 14.8 Å². The molecule has 0 radical (unpaired) electrons. The molecule has 25 heteroatoms. The number of nitrogens with one attached hydrogen (secondary N) is 3. The highest BCUT2D eigenvalue weighted by atomic mass is 79.9. The van der Waals surface area contributed by atoms with E-state index in [1.54, 1.807) is 150 Å². The maximum Gasteiger partial charge on any atom is 0.262 e. The van der Waals surface area contributed by atoms with Crippen molar-refractivity contribution < 1.29 is 47.6 Å². The number of aromatic hydroxyl groups is 1. The minimum atomic E-state index is -3.94. The van der Waals surface area contributed by atoms with Crippen LogP contribution in [0.4, 0.5) is 25.8 Å². The Morgan fingerprint density at radius 2 is 1.17 bits per heavy atom. The van der Waals surface area contributed by atoms with E-state index >= 15 is 0 Å². The van der Waals surface area contributed by atoms with Gasteiger partial charge in [0.2, 0.25) is 0 Å². The minimum absolute atomic E-state index is 0.0144. The standard InChI is InChI=1S/C25H21NO3S.C22H23NO2S.C20H15Cl2N3O2S.C17H13BrF2N2O2S/c27-19-14-12-18(13-15-19)26-25-22-11-5-7-17-6-4-10-21(24(17)22)23(25)16-30(28,29)20-8-2-1-3-9-20;1-17-7-11-19(12-8-17)13-14-20-5-3-4-6-22(20)23-26(24,25)21-15-9-18(2)10-16-21;21-17-7-5-16(20(22)10-17)12-25-13-18(11-23-25)24-28(26,27)19-8-6-14-3-1-2-4-15(14)9-19;1-22-9-14(18)17(21-22)12-4-2-3-11(7-12)10-25(23,24)16-6-5-13(19)8-15(16)20/h1-15,23,25-27H,16H2;3-12,15-16,23H,13-14H2,1-2H3;1-11,13,24H,12H2;2-9H,10H2,1H3. The van der Waals surface area contributed by atoms with Gasteiger partial charge in [-0.3, -0.25) is 18.8 Å². The molecule has 15 rings (SSSR count). The maximum atomic E-state index is 13.8. The molecule has 0 saturated carbocycles. The lowest BCUT2D eigenvalue weighted by molar-refractivity contribution is 0.475. The van der Waals surface area contributed by atoms with Crippen molar-refractivity contribution in [2.24, 2.45) is 7.05 Å². The Morgan fingerprint density at radius 1 is 0.532 bits per heavy atom. The van der Waals surface area contributed by atoms with Crippen LogP contribution in [-0.2, 0) is 71.9 Å². The summed E-state index contributed by atoms with van der Waals surface area (Å²) in [6, 6.07) is 77.5. The molecule has 1 aliphatic carbocycles. The number of benzene rings is 12. The predicted octanol–water partition coefficient (Wildman–Crippen LogP) is 19.5. The van der Waals surface area contributed by atoms with Gasteiger partial charge in [0.05, 0.1) is 60.8 Å². The molecule has 0 bridgehead atoms. The van der Waals surface area contributed by atoms with Crippen LogP contribution in [0.3, 0.4) is 0 Å². The smallest absolute Gasteiger partial charge is 0.262 e. The monoisotopic (exact) mass is 1640 g/mol. The van der Waals surface area contributed by atoms with Crippen LogP contribution in [0, 0.1) is 25.5 Å². The van der Waals surface area contributed by atoms with Crippen molar-refractivity contribution in [1.29, 1.82) is 0 Å². The number of sulfone groups is 2. The van der Waals surface area contributed by atoms with E-state index in [2.05, 4.69) is 90.3 Å². The normalized spacial score (nSPS) is 13.3. The van der Waals surface area contributed by atoms with Gasteiger partial charge in [-0.15, -0.1) is 0 Å². The summed E-state index contributed by atoms with van der Waals surface area (Å²) < 4.78 is 138. The van der Waals surface area contributed by atoms with Gasteiger partial charge < -0.3 is 10.4 Å². The number of hydrogen-bond acceptors (Lipinski definition) is 12. The van der Waals surface area contributed by atoms with Crippen LogP contribution in [0.2, 0.25) is 10.0 Å². The van der Waals surface area contributed by atoms with E-state index < -0.39 is 62.0 Å². The van der Waals surface area contributed by atoms with Crippen molar-refractivity contribution >= 4 is 117 Å². The fourth-order valence-corrected chi connectivity index (χ4v) is 18.8. The van der Waals surface area contributed by atoms with Crippen molar-refractivity contribution in [1.82, 2.24) is 19.6 Å². The molecule has 4 N–H and O–H groups in total. The number of hydrogen-bond donors (Lipinski definition) is 4. The zero-order valence-electron chi connectivity index (χ0n) is 58.9. The second-order valence-electron chi connectivity index (χ2n) is 26.0. The van der Waals surface area contributed by atoms with Gasteiger partial charge in [-0.25, -0.2) is 42.5 Å². The molecule has 1 aliphatic rings. The van der Waals surface area contributed by atoms with Gasteiger partial charge in [0.25, 0.3) is 20.0 Å². The lowest BCUT2D eigenvalue weighted by Crippen LogP contribution is -2.22. The highest BCUT2D eigenvalue weighted by Crippen LogP contribution is 2.48. The third kappa shape index (κ3) is 19.7. The molecule has 556 valence electrons. The van der Waals surface area contributed by atoms with Gasteiger partial charge in [-0.05, 0) is 195 Å². The van der Waals surface area contributed by atoms with E-state index in [0.717, 1.165) is 90.1 Å². The molecule has 2 aromatic heterocycles. The molecule has 0 spiro atoms. The van der Waals surface area contributed by atoms with Gasteiger partial charge in [0.15, 0.2) is 19.7 Å². The summed E-state index contributed by atoms with van der Waals surface area (Å²) in [4.78, 5) is 0.297. The molecule has 14 aromatic rings. The largest absolute Gasteiger partial charge is 0.508 e. The Labute approximate surface area is 650 Å². The summed E-state index contributed by atoms with van der Waals surface area (Å²) in [5.74, 6) is -2.33. The average molecular weight is 1640 g/mol. The maximum absolute atomic E-state index is 13.8. The summed E-state index contributed by atoms with van der Waals surface area (Å²) in [6.07, 6.45) is 6.50. The van der Waals surface area contributed by atoms with Gasteiger partial charge in [-0.1, -0.05) is 198 Å². The first-order chi connectivity index (χ1) is 52.1. The van der Waals surface area contributed by atoms with E-state index in [-0.39, 0.29) is 33.3 Å². The van der Waals surface area contributed by atoms with E-state index in [0.29, 0.717) is 50.2 Å². The fraction of sp³-hybridized carbons (Fsp3) is 0.119. The van der Waals surface area contributed by atoms with Crippen LogP contribution in [0.1, 0.15) is 56.5 Å². The quantitative estimate of drug-likeness (QED) is 0.0413. The average Bonchev–Trinajstić information content (AvgIpc) is 1.59. The Balaban J connectivity index is 0.000000136. The van der Waals surface area contributed by atoms with Gasteiger partial charge in [-0.2, -0.15) is 10.2 Å². The van der Waals surface area contributed by atoms with Crippen molar-refractivity contribution in [2.75, 3.05) is 20.5 Å². The van der Waals surface area contributed by atoms with Crippen molar-refractivity contribution in [3.63, 3.8) is 0 Å². The van der Waals surface area contributed by atoms with E-state index in [1.807, 2.05) is 91.9 Å². The molecular formula is C84H72BrCl2F2N7O9S4. The summed E-state index contributed by atoms with van der Waals surface area (Å²) in [5.41, 5.74) is 11.2. The highest BCUT2D eigenvalue weighted by Gasteiger charge is 2.38. The third-order valence-corrected chi connectivity index (χ3v) is 25.5. The number of halogens is 5. The van der Waals surface area contributed by atoms with E-state index in [9.17, 15) is 47.6 Å². The molecule has 16 nitrogen and oxygen atoms in total. The number of fused-ring (bicyclic) bond motifs is 1. The third-order valence-electron chi connectivity index (χ3n) is 18.0. The number of aromatic nitrogens is 4. The zero-order valence-corrected chi connectivity index (χ0v) is 65.2. The zero-order chi connectivity index (χ0) is 77.2. The summed E-state index contributed by atoms with van der Waals surface area (Å²) in [7, 11) is -13.0. The number of rotatable bonds is 20. The molecule has 2 heterocycles. The summed E-state index contributed by atoms with van der Waals surface area (Å²) in [6.45, 7) is 4.40. The molecule has 0 fully saturated rings. The number of nitrogens with zero attached hydrogens (tertiary/aromatic N) is 4. The lowest BCUT2D eigenvalue weighted by Gasteiger charge is -2.24. The molecule has 0 saturated heterocycles. The molecule has 2 unspecified atom stereocenters. The van der Waals surface area contributed by atoms with Gasteiger partial charge in [0.1, 0.15) is 28.0 Å². The Hall–Kier alpha value is -10.5. The number of para-hydroxylation sites is 1. The highest BCUT2D eigenvalue weighted by molar-refractivity contribution is 9.10. The van der Waals surface area contributed by atoms with Crippen LogP contribution in [0.25, 0.3) is 32.8 Å². The molecule has 0 aliphatic heterocycles. The number of anilines is 3. The number of phenols is 1. The second kappa shape index (κ2) is 34.0. The molecular weight excluding hydrogens is 1570 g/mol. The van der Waals surface area contributed by atoms with Gasteiger partial charge in [0, 0.05) is 52.7 Å². The SMILES string of the molecule is Cc1ccc(CCc2ccccc2NS(=O)(=O)c2ccc(C)cc2)cc1.Cn1cc(Br)c(-c2cccc(CS(=O)(=O)c3ccc(F)cc3F)c2)n1.O=S(=O)(CC1c2cccc3cccc(c23)C1Nc1ccc(O)cc1)c1ccccc1.O=S(=O)(Nc1cnn(Cc2ccc(Cl)cc2Cl)c1)c1ccc2ccccc2c1. The Morgan fingerprint density at radius 3 is 1.87 bits per heavy atom. The van der Waals surface area contributed by atoms with Crippen LogP contribution in [0.5, 0.6) is 5.75 Å². The number of phenolic OH excluding ortho intramolecular Hbond substituents is 1. The molecule has 109 heavy (non-hydrogen) atoms. The first kappa shape index (κ1) is 78.1. The summed E-state index contributed by atoms with van der Waals surface area (Å²) >= 11 is 15.5. The lowest BCUT2D eigenvalue weighted by atomic mass is 9.98. The van der Waals surface area contributed by atoms with E-state index in [4.69, 9.17) is 23.2 Å². The predicted molar refractivity (Wildman–Crippen MR) is 433 cm³/mol. The first-order valence-electron chi connectivity index (χ1n) is 34.2. The minimum Gasteiger partial charge on any atom is -0.508 e. The Bertz CT molecular complexity index is 6100. The Kier molecular flexibility index (Phi) is 24.3. The molecule has 0 amide bonds. The summed E-state index contributed by atoms with van der Waals surface area (Å²) in [5, 5.41) is 26.8. The number of sulfonamides is 2. The topological polar surface area (TPSA) is 229 Å². The molecule has 2 atom stereocenters. The number of aryl methyl sites for hydroxylation is 5. The van der Waals surface area contributed by atoms with Crippen LogP contribution in [0.15, 0.2) is 310 Å². The second-order valence-corrected chi connectivity index (χ2v) is 35.1. The van der Waals surface area contributed by atoms with E-state index in [1.165, 1.54) is 17.3 Å². The van der Waals surface area contributed by atoms with Crippen molar-refractivity contribution in [3.05, 3.63) is 356 Å². The van der Waals surface area contributed by atoms with Crippen molar-refractivity contribution in [2.45, 2.75) is 70.5 Å². The van der Waals surface area contributed by atoms with Gasteiger partial charge >= 0.3 is 0 Å². The van der Waals surface area contributed by atoms with Crippen LogP contribution >= 0.6 is 39.1 Å². The molecule has 12 aromatic carbocycles. The van der Waals surface area contributed by atoms with Crippen molar-refractivity contribution in [3.8, 4) is 17.0 Å².